The zero-order valence-electron chi connectivity index (χ0n) is 15.0. The summed E-state index contributed by atoms with van der Waals surface area (Å²) in [6.45, 7) is 13.0. The van der Waals surface area contributed by atoms with Crippen molar-refractivity contribution >= 4 is 13.1 Å². The smallest absolute Gasteiger partial charge is 0.461 e. The molecule has 22 heavy (non-hydrogen) atoms. The summed E-state index contributed by atoms with van der Waals surface area (Å²) in [5.74, 6) is 0.804. The predicted octanol–water partition coefficient (Wildman–Crippen LogP) is 3.84. The van der Waals surface area contributed by atoms with Crippen LogP contribution in [0.25, 0.3) is 0 Å². The Balaban J connectivity index is 1.82. The molecule has 0 radical (unpaired) electrons. The highest BCUT2D eigenvalue weighted by molar-refractivity contribution is 6.47. The number of rotatable bonds is 4. The van der Waals surface area contributed by atoms with Gasteiger partial charge in [-0.1, -0.05) is 26.7 Å². The van der Waals surface area contributed by atoms with Crippen LogP contribution in [0.4, 0.5) is 0 Å². The summed E-state index contributed by atoms with van der Waals surface area (Å²) in [5, 5.41) is 0. The van der Waals surface area contributed by atoms with E-state index in [1.807, 2.05) is 0 Å². The van der Waals surface area contributed by atoms with Crippen LogP contribution in [0.2, 0.25) is 5.82 Å². The van der Waals surface area contributed by atoms with E-state index in [-0.39, 0.29) is 30.2 Å². The van der Waals surface area contributed by atoms with Crippen LogP contribution in [0.1, 0.15) is 67.2 Å². The van der Waals surface area contributed by atoms with Gasteiger partial charge in [0.05, 0.1) is 23.7 Å². The molecule has 1 heterocycles. The standard InChI is InChI=1S/C17H31BO4/c1-12(2)11-20-15(19)13-7-9-14(10-8-13)18-21-16(3,4)17(5,6)22-18/h12-14H,7-11H2,1-6H3. The van der Waals surface area contributed by atoms with Gasteiger partial charge in [0.25, 0.3) is 0 Å². The minimum atomic E-state index is -0.273. The van der Waals surface area contributed by atoms with E-state index in [9.17, 15) is 4.79 Å². The van der Waals surface area contributed by atoms with Crippen LogP contribution in [0.5, 0.6) is 0 Å². The summed E-state index contributed by atoms with van der Waals surface area (Å²) in [6, 6.07) is 0. The molecule has 2 aliphatic rings. The van der Waals surface area contributed by atoms with Crippen LogP contribution in [0.15, 0.2) is 0 Å². The Morgan fingerprint density at radius 2 is 1.59 bits per heavy atom. The maximum absolute atomic E-state index is 12.1. The highest BCUT2D eigenvalue weighted by atomic mass is 16.7. The Labute approximate surface area is 135 Å². The predicted molar refractivity (Wildman–Crippen MR) is 87.6 cm³/mol. The molecule has 0 N–H and O–H groups in total. The zero-order valence-corrected chi connectivity index (χ0v) is 15.0. The molecule has 0 spiro atoms. The molecule has 1 saturated carbocycles. The summed E-state index contributed by atoms with van der Waals surface area (Å²) in [7, 11) is -0.141. The largest absolute Gasteiger partial charge is 0.465 e. The summed E-state index contributed by atoms with van der Waals surface area (Å²) < 4.78 is 17.6. The van der Waals surface area contributed by atoms with Gasteiger partial charge in [0.2, 0.25) is 0 Å². The van der Waals surface area contributed by atoms with E-state index in [0.29, 0.717) is 18.3 Å². The van der Waals surface area contributed by atoms with Crippen LogP contribution in [0, 0.1) is 11.8 Å². The van der Waals surface area contributed by atoms with E-state index in [1.165, 1.54) is 0 Å². The van der Waals surface area contributed by atoms with E-state index < -0.39 is 0 Å². The fourth-order valence-electron chi connectivity index (χ4n) is 3.07. The van der Waals surface area contributed by atoms with Gasteiger partial charge < -0.3 is 14.0 Å². The molecule has 1 saturated heterocycles. The SMILES string of the molecule is CC(C)COC(=O)C1CCC(B2OC(C)(C)C(C)(C)O2)CC1. The quantitative estimate of drug-likeness (QED) is 0.584. The first-order valence-corrected chi connectivity index (χ1v) is 8.64. The average Bonchev–Trinajstić information content (AvgIpc) is 2.65. The van der Waals surface area contributed by atoms with Gasteiger partial charge in [0, 0.05) is 0 Å². The Morgan fingerprint density at radius 3 is 2.05 bits per heavy atom. The van der Waals surface area contributed by atoms with Gasteiger partial charge in [0.1, 0.15) is 0 Å². The highest BCUT2D eigenvalue weighted by Gasteiger charge is 2.54. The number of carbonyl (C=O) groups excluding carboxylic acids is 1. The lowest BCUT2D eigenvalue weighted by Crippen LogP contribution is -2.41. The number of hydrogen-bond donors (Lipinski definition) is 0. The number of hydrogen-bond acceptors (Lipinski definition) is 4. The van der Waals surface area contributed by atoms with Gasteiger partial charge in [-0.05, 0) is 52.3 Å². The van der Waals surface area contributed by atoms with Crippen LogP contribution in [0.3, 0.4) is 0 Å². The van der Waals surface area contributed by atoms with E-state index in [1.54, 1.807) is 0 Å². The Morgan fingerprint density at radius 1 is 1.09 bits per heavy atom. The Hall–Kier alpha value is -0.545. The topological polar surface area (TPSA) is 44.8 Å². The van der Waals surface area contributed by atoms with Crippen molar-refractivity contribution < 1.29 is 18.8 Å². The van der Waals surface area contributed by atoms with Crippen LogP contribution >= 0.6 is 0 Å². The summed E-state index contributed by atoms with van der Waals surface area (Å²) >= 11 is 0. The second kappa shape index (κ2) is 6.52. The monoisotopic (exact) mass is 310 g/mol. The van der Waals surface area contributed by atoms with Gasteiger partial charge in [0.15, 0.2) is 0 Å². The molecule has 2 rings (SSSR count). The molecule has 0 atom stereocenters. The second-order valence-electron chi connectivity index (χ2n) is 8.26. The van der Waals surface area contributed by atoms with Crippen molar-refractivity contribution in [3.05, 3.63) is 0 Å². The van der Waals surface area contributed by atoms with Crippen molar-refractivity contribution in [2.75, 3.05) is 6.61 Å². The Bertz CT molecular complexity index is 381. The van der Waals surface area contributed by atoms with Gasteiger partial charge >= 0.3 is 13.1 Å². The molecule has 2 fully saturated rings. The average molecular weight is 310 g/mol. The van der Waals surface area contributed by atoms with E-state index in [2.05, 4.69) is 41.5 Å². The van der Waals surface area contributed by atoms with E-state index in [4.69, 9.17) is 14.0 Å². The van der Waals surface area contributed by atoms with Gasteiger partial charge in [-0.15, -0.1) is 0 Å². The van der Waals surface area contributed by atoms with Gasteiger partial charge in [-0.25, -0.2) is 0 Å². The fraction of sp³-hybridized carbons (Fsp3) is 0.941. The number of carbonyl (C=O) groups is 1. The van der Waals surface area contributed by atoms with Crippen molar-refractivity contribution in [3.63, 3.8) is 0 Å². The van der Waals surface area contributed by atoms with Crippen LogP contribution < -0.4 is 0 Å². The van der Waals surface area contributed by atoms with Crippen molar-refractivity contribution in [2.24, 2.45) is 11.8 Å². The lowest BCUT2D eigenvalue weighted by atomic mass is 9.62. The van der Waals surface area contributed by atoms with Gasteiger partial charge in [-0.2, -0.15) is 0 Å². The first kappa shape index (κ1) is 17.8. The van der Waals surface area contributed by atoms with Crippen molar-refractivity contribution in [1.29, 1.82) is 0 Å². The lowest BCUT2D eigenvalue weighted by Gasteiger charge is -2.32. The molecule has 0 bridgehead atoms. The maximum atomic E-state index is 12.1. The molecule has 0 aromatic carbocycles. The third kappa shape index (κ3) is 3.86. The fourth-order valence-corrected chi connectivity index (χ4v) is 3.07. The second-order valence-corrected chi connectivity index (χ2v) is 8.26. The minimum Gasteiger partial charge on any atom is -0.465 e. The van der Waals surface area contributed by atoms with Crippen molar-refractivity contribution in [3.8, 4) is 0 Å². The maximum Gasteiger partial charge on any atom is 0.461 e. The number of esters is 1. The third-order valence-corrected chi connectivity index (χ3v) is 5.32. The van der Waals surface area contributed by atoms with Crippen molar-refractivity contribution in [1.82, 2.24) is 0 Å². The summed E-state index contributed by atoms with van der Waals surface area (Å²) in [6.07, 6.45) is 3.70. The summed E-state index contributed by atoms with van der Waals surface area (Å²) in [5.41, 5.74) is -0.546. The zero-order chi connectivity index (χ0) is 16.5. The normalized spacial score (nSPS) is 30.6. The molecule has 1 aliphatic heterocycles. The van der Waals surface area contributed by atoms with Gasteiger partial charge in [-0.3, -0.25) is 4.79 Å². The molecular formula is C17H31BO4. The first-order valence-electron chi connectivity index (χ1n) is 8.64. The van der Waals surface area contributed by atoms with Crippen molar-refractivity contribution in [2.45, 2.75) is 84.2 Å². The minimum absolute atomic E-state index is 0.0268. The number of ether oxygens (including phenoxy) is 1. The molecule has 0 aromatic rings. The molecule has 0 unspecified atom stereocenters. The molecule has 126 valence electrons. The molecule has 1 aliphatic carbocycles. The molecule has 0 aromatic heterocycles. The summed E-state index contributed by atoms with van der Waals surface area (Å²) in [4.78, 5) is 12.1. The van der Waals surface area contributed by atoms with E-state index >= 15 is 0 Å². The van der Waals surface area contributed by atoms with E-state index in [0.717, 1.165) is 25.7 Å². The Kier molecular flexibility index (Phi) is 5.28. The molecule has 0 amide bonds. The molecule has 5 heteroatoms. The molecule has 4 nitrogen and oxygen atoms in total. The lowest BCUT2D eigenvalue weighted by molar-refractivity contribution is -0.150. The highest BCUT2D eigenvalue weighted by Crippen LogP contribution is 2.45. The van der Waals surface area contributed by atoms with Crippen LogP contribution in [-0.4, -0.2) is 30.9 Å². The van der Waals surface area contributed by atoms with Crippen LogP contribution in [-0.2, 0) is 18.8 Å². The first-order chi connectivity index (χ1) is 10.1. The third-order valence-electron chi connectivity index (χ3n) is 5.32. The molecular weight excluding hydrogens is 279 g/mol.